The summed E-state index contributed by atoms with van der Waals surface area (Å²) in [5.74, 6) is -0.668. The van der Waals surface area contributed by atoms with E-state index in [4.69, 9.17) is 9.84 Å². The Morgan fingerprint density at radius 3 is 2.30 bits per heavy atom. The van der Waals surface area contributed by atoms with Crippen molar-refractivity contribution in [2.45, 2.75) is 38.6 Å². The van der Waals surface area contributed by atoms with Crippen LogP contribution in [0.25, 0.3) is 0 Å². The van der Waals surface area contributed by atoms with Crippen molar-refractivity contribution in [1.29, 1.82) is 0 Å². The third-order valence-electron chi connectivity index (χ3n) is 4.31. The molecule has 0 unspecified atom stereocenters. The number of amides is 1. The van der Waals surface area contributed by atoms with E-state index in [0.29, 0.717) is 25.3 Å². The first-order valence-corrected chi connectivity index (χ1v) is 8.77. The van der Waals surface area contributed by atoms with Crippen LogP contribution >= 0.6 is 0 Å². The molecule has 0 aliphatic rings. The molecule has 2 aromatic rings. The van der Waals surface area contributed by atoms with Gasteiger partial charge in [0.15, 0.2) is 0 Å². The molecular weight excluding hydrogens is 349 g/mol. The summed E-state index contributed by atoms with van der Waals surface area (Å²) in [6.45, 7) is 4.30. The van der Waals surface area contributed by atoms with Crippen LogP contribution in [0.3, 0.4) is 0 Å². The van der Waals surface area contributed by atoms with Crippen LogP contribution in [0, 0.1) is 5.82 Å². The van der Waals surface area contributed by atoms with Crippen LogP contribution in [-0.4, -0.2) is 23.6 Å². The summed E-state index contributed by atoms with van der Waals surface area (Å²) >= 11 is 0. The zero-order valence-electron chi connectivity index (χ0n) is 15.5. The molecule has 6 heteroatoms. The van der Waals surface area contributed by atoms with E-state index in [-0.39, 0.29) is 18.1 Å². The van der Waals surface area contributed by atoms with Gasteiger partial charge in [0.1, 0.15) is 11.6 Å². The molecule has 2 N–H and O–H groups in total. The van der Waals surface area contributed by atoms with Crippen molar-refractivity contribution < 1.29 is 23.8 Å². The summed E-state index contributed by atoms with van der Waals surface area (Å²) < 4.78 is 18.6. The van der Waals surface area contributed by atoms with Crippen molar-refractivity contribution in [2.24, 2.45) is 0 Å². The van der Waals surface area contributed by atoms with E-state index in [1.54, 1.807) is 38.1 Å². The van der Waals surface area contributed by atoms with Gasteiger partial charge in [0.25, 0.3) is 0 Å². The topological polar surface area (TPSA) is 75.6 Å². The van der Waals surface area contributed by atoms with E-state index in [2.05, 4.69) is 5.32 Å². The summed E-state index contributed by atoms with van der Waals surface area (Å²) in [5.41, 5.74) is 0.878. The predicted octanol–water partition coefficient (Wildman–Crippen LogP) is 3.66. The zero-order chi connectivity index (χ0) is 19.9. The number of benzene rings is 2. The third kappa shape index (κ3) is 6.09. The van der Waals surface area contributed by atoms with Crippen molar-refractivity contribution in [3.8, 4) is 5.75 Å². The van der Waals surface area contributed by atoms with Gasteiger partial charge in [-0.15, -0.1) is 0 Å². The molecule has 0 bridgehead atoms. The number of hydrogen-bond acceptors (Lipinski definition) is 3. The molecule has 0 saturated heterocycles. The monoisotopic (exact) mass is 373 g/mol. The van der Waals surface area contributed by atoms with Gasteiger partial charge in [0, 0.05) is 13.0 Å². The maximum absolute atomic E-state index is 13.1. The molecule has 0 spiro atoms. The number of nitrogens with one attached hydrogen (secondary N) is 1. The standard InChI is InChI=1S/C21H24FNO4/c1-21(2,16-7-9-17(22)10-8-16)20(26)23-14-15-5-11-18(12-6-15)27-13-3-4-19(24)25/h5-12H,3-4,13-14H2,1-2H3,(H,23,26)(H,24,25). The van der Waals surface area contributed by atoms with E-state index in [1.165, 1.54) is 12.1 Å². The SMILES string of the molecule is CC(C)(C(=O)NCc1ccc(OCCCC(=O)O)cc1)c1ccc(F)cc1. The highest BCUT2D eigenvalue weighted by Crippen LogP contribution is 2.24. The first-order chi connectivity index (χ1) is 12.8. The molecule has 0 aromatic heterocycles. The highest BCUT2D eigenvalue weighted by atomic mass is 19.1. The van der Waals surface area contributed by atoms with Gasteiger partial charge in [-0.25, -0.2) is 4.39 Å². The van der Waals surface area contributed by atoms with Crippen LogP contribution in [-0.2, 0) is 21.5 Å². The fourth-order valence-electron chi connectivity index (χ4n) is 2.52. The molecule has 1 amide bonds. The molecule has 2 aromatic carbocycles. The Morgan fingerprint density at radius 1 is 1.07 bits per heavy atom. The van der Waals surface area contributed by atoms with Gasteiger partial charge in [-0.05, 0) is 55.7 Å². The van der Waals surface area contributed by atoms with E-state index in [9.17, 15) is 14.0 Å². The molecule has 144 valence electrons. The normalized spacial score (nSPS) is 11.1. The number of aliphatic carboxylic acids is 1. The van der Waals surface area contributed by atoms with Gasteiger partial charge in [0.05, 0.1) is 12.0 Å². The average molecular weight is 373 g/mol. The number of halogens is 1. The Morgan fingerprint density at radius 2 is 1.70 bits per heavy atom. The average Bonchev–Trinajstić information content (AvgIpc) is 2.64. The highest BCUT2D eigenvalue weighted by molar-refractivity contribution is 5.87. The van der Waals surface area contributed by atoms with E-state index >= 15 is 0 Å². The molecule has 0 aliphatic carbocycles. The van der Waals surface area contributed by atoms with E-state index in [0.717, 1.165) is 11.1 Å². The Labute approximate surface area is 158 Å². The van der Waals surface area contributed by atoms with Crippen LogP contribution in [0.5, 0.6) is 5.75 Å². The molecule has 0 atom stereocenters. The largest absolute Gasteiger partial charge is 0.494 e. The molecule has 5 nitrogen and oxygen atoms in total. The van der Waals surface area contributed by atoms with Crippen molar-refractivity contribution in [2.75, 3.05) is 6.61 Å². The molecule has 0 saturated carbocycles. The highest BCUT2D eigenvalue weighted by Gasteiger charge is 2.29. The first kappa shape index (κ1) is 20.4. The van der Waals surface area contributed by atoms with Crippen molar-refractivity contribution in [3.05, 3.63) is 65.5 Å². The molecular formula is C21H24FNO4. The lowest BCUT2D eigenvalue weighted by atomic mass is 9.83. The van der Waals surface area contributed by atoms with Crippen LogP contribution < -0.4 is 10.1 Å². The lowest BCUT2D eigenvalue weighted by molar-refractivity contribution is -0.137. The molecule has 0 heterocycles. The van der Waals surface area contributed by atoms with Crippen LogP contribution in [0.4, 0.5) is 4.39 Å². The number of ether oxygens (including phenoxy) is 1. The maximum Gasteiger partial charge on any atom is 0.303 e. The number of carboxylic acid groups (broad SMARTS) is 1. The van der Waals surface area contributed by atoms with Crippen LogP contribution in [0.15, 0.2) is 48.5 Å². The lowest BCUT2D eigenvalue weighted by Crippen LogP contribution is -2.39. The molecule has 0 radical (unpaired) electrons. The number of carbonyl (C=O) groups is 2. The minimum atomic E-state index is -0.840. The zero-order valence-corrected chi connectivity index (χ0v) is 15.5. The molecule has 27 heavy (non-hydrogen) atoms. The molecule has 2 rings (SSSR count). The number of carbonyl (C=O) groups excluding carboxylic acids is 1. The minimum Gasteiger partial charge on any atom is -0.494 e. The summed E-state index contributed by atoms with van der Waals surface area (Å²) in [6, 6.07) is 13.2. The summed E-state index contributed by atoms with van der Waals surface area (Å²) in [6.07, 6.45) is 0.527. The second kappa shape index (κ2) is 9.16. The lowest BCUT2D eigenvalue weighted by Gasteiger charge is -2.24. The predicted molar refractivity (Wildman–Crippen MR) is 100 cm³/mol. The number of carboxylic acids is 1. The van der Waals surface area contributed by atoms with Crippen molar-refractivity contribution in [3.63, 3.8) is 0 Å². The minimum absolute atomic E-state index is 0.0773. The Balaban J connectivity index is 1.85. The van der Waals surface area contributed by atoms with Gasteiger partial charge < -0.3 is 15.2 Å². The summed E-state index contributed by atoms with van der Waals surface area (Å²) in [7, 11) is 0. The van der Waals surface area contributed by atoms with Gasteiger partial charge in [-0.2, -0.15) is 0 Å². The van der Waals surface area contributed by atoms with Gasteiger partial charge in [0.2, 0.25) is 5.91 Å². The van der Waals surface area contributed by atoms with Crippen LogP contribution in [0.1, 0.15) is 37.8 Å². The van der Waals surface area contributed by atoms with Crippen LogP contribution in [0.2, 0.25) is 0 Å². The number of hydrogen-bond donors (Lipinski definition) is 2. The van der Waals surface area contributed by atoms with Gasteiger partial charge >= 0.3 is 5.97 Å². The van der Waals surface area contributed by atoms with Gasteiger partial charge in [-0.3, -0.25) is 9.59 Å². The second-order valence-electron chi connectivity index (χ2n) is 6.80. The Kier molecular flexibility index (Phi) is 6.93. The summed E-state index contributed by atoms with van der Waals surface area (Å²) in [4.78, 5) is 23.0. The second-order valence-corrected chi connectivity index (χ2v) is 6.80. The first-order valence-electron chi connectivity index (χ1n) is 8.77. The van der Waals surface area contributed by atoms with Gasteiger partial charge in [-0.1, -0.05) is 24.3 Å². The fourth-order valence-corrected chi connectivity index (χ4v) is 2.52. The smallest absolute Gasteiger partial charge is 0.303 e. The molecule has 0 fully saturated rings. The maximum atomic E-state index is 13.1. The number of rotatable bonds is 9. The Bertz CT molecular complexity index is 770. The van der Waals surface area contributed by atoms with E-state index < -0.39 is 11.4 Å². The van der Waals surface area contributed by atoms with Crippen molar-refractivity contribution in [1.82, 2.24) is 5.32 Å². The molecule has 0 aliphatic heterocycles. The van der Waals surface area contributed by atoms with E-state index in [1.807, 2.05) is 12.1 Å². The van der Waals surface area contributed by atoms with Crippen molar-refractivity contribution >= 4 is 11.9 Å². The quantitative estimate of drug-likeness (QED) is 0.658. The Hall–Kier alpha value is -2.89. The third-order valence-corrected chi connectivity index (χ3v) is 4.31. The summed E-state index contributed by atoms with van der Waals surface area (Å²) in [5, 5.41) is 11.5. The fraction of sp³-hybridized carbons (Fsp3) is 0.333.